The molecule has 1 N–H and O–H groups in total. The van der Waals surface area contributed by atoms with Gasteiger partial charge in [-0.25, -0.2) is 9.78 Å². The van der Waals surface area contributed by atoms with Crippen LogP contribution in [-0.2, 0) is 4.74 Å². The van der Waals surface area contributed by atoms with Crippen LogP contribution in [0.5, 0.6) is 0 Å². The largest absolute Gasteiger partial charge is 0.465 e. The second kappa shape index (κ2) is 6.96. The summed E-state index contributed by atoms with van der Waals surface area (Å²) in [6.07, 6.45) is -3.05. The van der Waals surface area contributed by atoms with Gasteiger partial charge in [0.25, 0.3) is 0 Å². The highest BCUT2D eigenvalue weighted by atomic mass is 19.4. The number of hydrogen-bond donors (Lipinski definition) is 1. The molecule has 1 heterocycles. The highest BCUT2D eigenvalue weighted by Crippen LogP contribution is 2.22. The summed E-state index contributed by atoms with van der Waals surface area (Å²) in [4.78, 5) is 15.4. The van der Waals surface area contributed by atoms with Gasteiger partial charge in [0.15, 0.2) is 0 Å². The second-order valence-corrected chi connectivity index (χ2v) is 3.89. The predicted octanol–water partition coefficient (Wildman–Crippen LogP) is 3.01. The summed E-state index contributed by atoms with van der Waals surface area (Å²) < 4.78 is 40.4. The Morgan fingerprint density at radius 1 is 1.42 bits per heavy atom. The maximum absolute atomic E-state index is 11.9. The van der Waals surface area contributed by atoms with E-state index in [1.54, 1.807) is 6.07 Å². The molecule has 7 heteroatoms. The SMILES string of the molecule is COC(=O)c1cccnc1NCCCCC(F)(F)F. The van der Waals surface area contributed by atoms with Crippen molar-refractivity contribution < 1.29 is 22.7 Å². The van der Waals surface area contributed by atoms with Crippen molar-refractivity contribution >= 4 is 11.8 Å². The molecule has 1 aromatic rings. The predicted molar refractivity (Wildman–Crippen MR) is 64.0 cm³/mol. The highest BCUT2D eigenvalue weighted by Gasteiger charge is 2.25. The van der Waals surface area contributed by atoms with E-state index in [0.29, 0.717) is 18.8 Å². The molecule has 0 amide bonds. The molecule has 0 aliphatic heterocycles. The van der Waals surface area contributed by atoms with Gasteiger partial charge >= 0.3 is 12.1 Å². The van der Waals surface area contributed by atoms with E-state index >= 15 is 0 Å². The molecule has 0 saturated carbocycles. The Labute approximate surface area is 109 Å². The zero-order valence-corrected chi connectivity index (χ0v) is 10.5. The smallest absolute Gasteiger partial charge is 0.389 e. The number of esters is 1. The molecule has 19 heavy (non-hydrogen) atoms. The molecule has 1 aromatic heterocycles. The number of pyridine rings is 1. The number of halogens is 3. The lowest BCUT2D eigenvalue weighted by atomic mass is 10.2. The molecular formula is C12H15F3N2O2. The van der Waals surface area contributed by atoms with Crippen LogP contribution in [0.3, 0.4) is 0 Å². The lowest BCUT2D eigenvalue weighted by Crippen LogP contribution is -2.12. The van der Waals surface area contributed by atoms with E-state index in [9.17, 15) is 18.0 Å². The third-order valence-corrected chi connectivity index (χ3v) is 2.39. The third-order valence-electron chi connectivity index (χ3n) is 2.39. The van der Waals surface area contributed by atoms with Crippen molar-refractivity contribution in [3.63, 3.8) is 0 Å². The molecule has 4 nitrogen and oxygen atoms in total. The summed E-state index contributed by atoms with van der Waals surface area (Å²) in [6, 6.07) is 3.12. The van der Waals surface area contributed by atoms with Crippen LogP contribution in [-0.4, -0.2) is 30.8 Å². The molecule has 0 spiro atoms. The number of nitrogens with zero attached hydrogens (tertiary/aromatic N) is 1. The van der Waals surface area contributed by atoms with Crippen LogP contribution in [0.4, 0.5) is 19.0 Å². The summed E-state index contributed by atoms with van der Waals surface area (Å²) in [7, 11) is 1.25. The Morgan fingerprint density at radius 2 is 2.16 bits per heavy atom. The van der Waals surface area contributed by atoms with Crippen LogP contribution in [0.25, 0.3) is 0 Å². The fraction of sp³-hybridized carbons (Fsp3) is 0.500. The van der Waals surface area contributed by atoms with Crippen molar-refractivity contribution in [3.05, 3.63) is 23.9 Å². The summed E-state index contributed by atoms with van der Waals surface area (Å²) in [5.74, 6) is -0.216. The summed E-state index contributed by atoms with van der Waals surface area (Å²) >= 11 is 0. The first-order valence-electron chi connectivity index (χ1n) is 5.78. The van der Waals surface area contributed by atoms with Gasteiger partial charge in [0.1, 0.15) is 11.4 Å². The highest BCUT2D eigenvalue weighted by molar-refractivity contribution is 5.94. The number of aromatic nitrogens is 1. The van der Waals surface area contributed by atoms with Crippen LogP contribution < -0.4 is 5.32 Å². The van der Waals surface area contributed by atoms with Crippen molar-refractivity contribution in [1.82, 2.24) is 4.98 Å². The Morgan fingerprint density at radius 3 is 2.79 bits per heavy atom. The fourth-order valence-electron chi connectivity index (χ4n) is 1.48. The van der Waals surface area contributed by atoms with E-state index in [0.717, 1.165) is 0 Å². The molecule has 0 fully saturated rings. The lowest BCUT2D eigenvalue weighted by Gasteiger charge is -2.10. The number of alkyl halides is 3. The van der Waals surface area contributed by atoms with Gasteiger partial charge in [-0.1, -0.05) is 0 Å². The molecule has 0 aromatic carbocycles. The molecule has 1 rings (SSSR count). The Balaban J connectivity index is 2.43. The normalized spacial score (nSPS) is 11.2. The minimum atomic E-state index is -4.12. The second-order valence-electron chi connectivity index (χ2n) is 3.89. The van der Waals surface area contributed by atoms with Crippen LogP contribution in [0.2, 0.25) is 0 Å². The van der Waals surface area contributed by atoms with Crippen molar-refractivity contribution in [3.8, 4) is 0 Å². The quantitative estimate of drug-likeness (QED) is 0.641. The van der Waals surface area contributed by atoms with E-state index < -0.39 is 18.6 Å². The molecule has 0 saturated heterocycles. The van der Waals surface area contributed by atoms with Crippen molar-refractivity contribution in [2.24, 2.45) is 0 Å². The zero-order chi connectivity index (χ0) is 14.3. The van der Waals surface area contributed by atoms with Crippen LogP contribution in [0.15, 0.2) is 18.3 Å². The number of ether oxygens (including phenoxy) is 1. The van der Waals surface area contributed by atoms with Gasteiger partial charge in [-0.05, 0) is 25.0 Å². The molecule has 0 aliphatic rings. The third kappa shape index (κ3) is 5.58. The number of anilines is 1. The van der Waals surface area contributed by atoms with E-state index in [-0.39, 0.29) is 12.0 Å². The standard InChI is InChI=1S/C12H15F3N2O2/c1-19-11(18)9-5-4-8-17-10(9)16-7-3-2-6-12(13,14)15/h4-5,8H,2-3,6-7H2,1H3,(H,16,17). The number of unbranched alkanes of at least 4 members (excludes halogenated alkanes) is 1. The maximum atomic E-state index is 11.9. The minimum absolute atomic E-state index is 0.0386. The molecular weight excluding hydrogens is 261 g/mol. The van der Waals surface area contributed by atoms with Gasteiger partial charge in [0.05, 0.1) is 7.11 Å². The first-order valence-corrected chi connectivity index (χ1v) is 5.78. The molecule has 0 unspecified atom stereocenters. The van der Waals surface area contributed by atoms with Gasteiger partial charge in [-0.2, -0.15) is 13.2 Å². The summed E-state index contributed by atoms with van der Waals surface area (Å²) in [5, 5.41) is 2.84. The molecule has 106 valence electrons. The maximum Gasteiger partial charge on any atom is 0.389 e. The first-order chi connectivity index (χ1) is 8.94. The van der Waals surface area contributed by atoms with E-state index in [4.69, 9.17) is 0 Å². The molecule has 0 bridgehead atoms. The van der Waals surface area contributed by atoms with Gasteiger partial charge in [0, 0.05) is 19.2 Å². The lowest BCUT2D eigenvalue weighted by molar-refractivity contribution is -0.135. The fourth-order valence-corrected chi connectivity index (χ4v) is 1.48. The van der Waals surface area contributed by atoms with Crippen LogP contribution in [0.1, 0.15) is 29.6 Å². The van der Waals surface area contributed by atoms with Crippen molar-refractivity contribution in [2.45, 2.75) is 25.4 Å². The number of carbonyl (C=O) groups excluding carboxylic acids is 1. The van der Waals surface area contributed by atoms with E-state index in [2.05, 4.69) is 15.0 Å². The van der Waals surface area contributed by atoms with E-state index in [1.807, 2.05) is 0 Å². The minimum Gasteiger partial charge on any atom is -0.465 e. The molecule has 0 atom stereocenters. The number of hydrogen-bond acceptors (Lipinski definition) is 4. The molecule has 0 aliphatic carbocycles. The zero-order valence-electron chi connectivity index (χ0n) is 10.5. The number of methoxy groups -OCH3 is 1. The average molecular weight is 276 g/mol. The molecule has 0 radical (unpaired) electrons. The van der Waals surface area contributed by atoms with Crippen molar-refractivity contribution in [1.29, 1.82) is 0 Å². The number of rotatable bonds is 6. The number of nitrogens with one attached hydrogen (secondary N) is 1. The summed E-state index contributed by atoms with van der Waals surface area (Å²) in [6.45, 7) is 0.317. The van der Waals surface area contributed by atoms with E-state index in [1.165, 1.54) is 19.4 Å². The van der Waals surface area contributed by atoms with Crippen LogP contribution in [0, 0.1) is 0 Å². The van der Waals surface area contributed by atoms with Gasteiger partial charge < -0.3 is 10.1 Å². The first kappa shape index (κ1) is 15.3. The van der Waals surface area contributed by atoms with Crippen LogP contribution >= 0.6 is 0 Å². The number of carbonyl (C=O) groups is 1. The van der Waals surface area contributed by atoms with Crippen molar-refractivity contribution in [2.75, 3.05) is 19.0 Å². The van der Waals surface area contributed by atoms with Gasteiger partial charge in [-0.15, -0.1) is 0 Å². The Bertz CT molecular complexity index is 422. The monoisotopic (exact) mass is 276 g/mol. The van der Waals surface area contributed by atoms with Gasteiger partial charge in [-0.3, -0.25) is 0 Å². The average Bonchev–Trinajstić information content (AvgIpc) is 2.36. The summed E-state index contributed by atoms with van der Waals surface area (Å²) in [5.41, 5.74) is 0.265. The Kier molecular flexibility index (Phi) is 5.59. The Hall–Kier alpha value is -1.79. The van der Waals surface area contributed by atoms with Gasteiger partial charge in [0.2, 0.25) is 0 Å². The topological polar surface area (TPSA) is 51.2 Å².